The van der Waals surface area contributed by atoms with Crippen LogP contribution in [0.2, 0.25) is 0 Å². The van der Waals surface area contributed by atoms with Gasteiger partial charge in [-0.3, -0.25) is 4.79 Å². The van der Waals surface area contributed by atoms with Crippen LogP contribution in [0.1, 0.15) is 18.0 Å². The molecule has 10 heteroatoms. The van der Waals surface area contributed by atoms with Crippen molar-refractivity contribution in [3.05, 3.63) is 34.2 Å². The first-order valence-electron chi connectivity index (χ1n) is 11.6. The van der Waals surface area contributed by atoms with Gasteiger partial charge in [0.15, 0.2) is 0 Å². The van der Waals surface area contributed by atoms with Crippen molar-refractivity contribution < 1.29 is 9.47 Å². The topological polar surface area (TPSA) is 88.9 Å². The minimum Gasteiger partial charge on any atom is -0.378 e. The molecule has 32 heavy (non-hydrogen) atoms. The van der Waals surface area contributed by atoms with Gasteiger partial charge in [-0.25, -0.2) is 0 Å². The Balaban J connectivity index is 1.34. The van der Waals surface area contributed by atoms with Gasteiger partial charge >= 0.3 is 0 Å². The molecular weight excluding hydrogens is 410 g/mol. The smallest absolute Gasteiger partial charge is 0.250 e. The van der Waals surface area contributed by atoms with Gasteiger partial charge in [-0.1, -0.05) is 6.07 Å². The first-order valence-corrected chi connectivity index (χ1v) is 11.6. The highest BCUT2D eigenvalue weighted by Gasteiger charge is 2.36. The number of aromatic nitrogens is 4. The molecule has 2 atom stereocenters. The van der Waals surface area contributed by atoms with E-state index in [1.54, 1.807) is 6.07 Å². The Morgan fingerprint density at radius 3 is 1.97 bits per heavy atom. The Morgan fingerprint density at radius 2 is 1.34 bits per heavy atom. The molecule has 0 saturated carbocycles. The fourth-order valence-corrected chi connectivity index (χ4v) is 5.35. The summed E-state index contributed by atoms with van der Waals surface area (Å²) in [7, 11) is 0. The van der Waals surface area contributed by atoms with Crippen molar-refractivity contribution in [2.45, 2.75) is 18.9 Å². The van der Waals surface area contributed by atoms with Gasteiger partial charge in [-0.15, -0.1) is 0 Å². The first kappa shape index (κ1) is 19.9. The zero-order valence-corrected chi connectivity index (χ0v) is 18.2. The van der Waals surface area contributed by atoms with Crippen LogP contribution in [-0.4, -0.2) is 85.2 Å². The number of hydrogen-bond donors (Lipinski definition) is 0. The highest BCUT2D eigenvalue weighted by Crippen LogP contribution is 2.36. The molecule has 3 fully saturated rings. The lowest BCUT2D eigenvalue weighted by Crippen LogP contribution is -2.48. The molecule has 10 nitrogen and oxygen atoms in total. The Hall–Kier alpha value is -2.72. The predicted octanol–water partition coefficient (Wildman–Crippen LogP) is 0.330. The van der Waals surface area contributed by atoms with Crippen LogP contribution >= 0.6 is 0 Å². The SMILES string of the molecule is O=c1cccc2n1C[C@H]1C[C@H]2CN(c2nc(N3CCOCC3)nc(N3CCOCC3)n2)C1. The first-order chi connectivity index (χ1) is 15.7. The van der Waals surface area contributed by atoms with Crippen molar-refractivity contribution in [1.82, 2.24) is 19.5 Å². The van der Waals surface area contributed by atoms with Crippen molar-refractivity contribution >= 4 is 17.8 Å². The van der Waals surface area contributed by atoms with E-state index in [4.69, 9.17) is 24.4 Å². The standard InChI is InChI=1S/C22H29N7O3/c30-19-3-1-2-18-17-12-16(14-29(18)19)13-28(15-17)22-24-20(26-4-8-31-9-5-26)23-21(25-22)27-6-10-32-11-7-27/h1-3,16-17H,4-15H2/t16-,17-/m0/s1. The average Bonchev–Trinajstić information content (AvgIpc) is 2.85. The molecule has 0 aromatic carbocycles. The average molecular weight is 440 g/mol. The highest BCUT2D eigenvalue weighted by atomic mass is 16.5. The molecule has 2 aromatic rings. The molecule has 2 aromatic heterocycles. The van der Waals surface area contributed by atoms with Crippen molar-refractivity contribution in [1.29, 1.82) is 0 Å². The van der Waals surface area contributed by atoms with Crippen molar-refractivity contribution in [2.75, 3.05) is 80.4 Å². The lowest BCUT2D eigenvalue weighted by molar-refractivity contribution is 0.121. The van der Waals surface area contributed by atoms with E-state index in [9.17, 15) is 4.79 Å². The summed E-state index contributed by atoms with van der Waals surface area (Å²) in [6.07, 6.45) is 1.11. The number of morpholine rings is 2. The van der Waals surface area contributed by atoms with Crippen molar-refractivity contribution in [3.8, 4) is 0 Å². The van der Waals surface area contributed by atoms with Crippen LogP contribution in [0.3, 0.4) is 0 Å². The largest absolute Gasteiger partial charge is 0.378 e. The van der Waals surface area contributed by atoms with Crippen LogP contribution in [-0.2, 0) is 16.0 Å². The van der Waals surface area contributed by atoms with Gasteiger partial charge in [0.25, 0.3) is 5.56 Å². The van der Waals surface area contributed by atoms with E-state index in [0.717, 1.165) is 75.8 Å². The summed E-state index contributed by atoms with van der Waals surface area (Å²) in [6.45, 7) is 8.32. The maximum Gasteiger partial charge on any atom is 0.250 e. The maximum atomic E-state index is 12.4. The zero-order chi connectivity index (χ0) is 21.5. The molecule has 0 amide bonds. The number of rotatable bonds is 3. The summed E-state index contributed by atoms with van der Waals surface area (Å²) in [6, 6.07) is 5.64. The second-order valence-corrected chi connectivity index (χ2v) is 9.04. The van der Waals surface area contributed by atoms with E-state index >= 15 is 0 Å². The molecular formula is C22H29N7O3. The molecule has 6 rings (SSSR count). The highest BCUT2D eigenvalue weighted by molar-refractivity contribution is 5.48. The minimum atomic E-state index is 0.106. The van der Waals surface area contributed by atoms with E-state index in [1.807, 2.05) is 10.6 Å². The molecule has 2 bridgehead atoms. The van der Waals surface area contributed by atoms with Gasteiger partial charge in [0.2, 0.25) is 17.8 Å². The third-order valence-electron chi connectivity index (χ3n) is 6.95. The lowest BCUT2D eigenvalue weighted by Gasteiger charge is -2.43. The molecule has 170 valence electrons. The van der Waals surface area contributed by atoms with Gasteiger partial charge in [-0.2, -0.15) is 15.0 Å². The summed E-state index contributed by atoms with van der Waals surface area (Å²) in [5.74, 6) is 2.92. The van der Waals surface area contributed by atoms with Crippen LogP contribution in [0, 0.1) is 5.92 Å². The van der Waals surface area contributed by atoms with E-state index in [2.05, 4.69) is 20.8 Å². The lowest BCUT2D eigenvalue weighted by atomic mass is 9.83. The Labute approximate surface area is 186 Å². The van der Waals surface area contributed by atoms with Crippen LogP contribution < -0.4 is 20.3 Å². The van der Waals surface area contributed by atoms with Gasteiger partial charge < -0.3 is 28.7 Å². The number of ether oxygens (including phenoxy) is 2. The Bertz CT molecular complexity index is 996. The third kappa shape index (κ3) is 3.71. The van der Waals surface area contributed by atoms with Gasteiger partial charge in [0.05, 0.1) is 26.4 Å². The maximum absolute atomic E-state index is 12.4. The Morgan fingerprint density at radius 1 is 0.750 bits per heavy atom. The van der Waals surface area contributed by atoms with Crippen molar-refractivity contribution in [3.63, 3.8) is 0 Å². The molecule has 6 heterocycles. The van der Waals surface area contributed by atoms with E-state index in [1.165, 1.54) is 0 Å². The molecule has 4 aliphatic heterocycles. The molecule has 0 spiro atoms. The summed E-state index contributed by atoms with van der Waals surface area (Å²) in [5, 5.41) is 0. The van der Waals surface area contributed by atoms with Gasteiger partial charge in [0.1, 0.15) is 0 Å². The van der Waals surface area contributed by atoms with Crippen molar-refractivity contribution in [2.24, 2.45) is 5.92 Å². The normalized spacial score (nSPS) is 25.6. The van der Waals surface area contributed by atoms with Gasteiger partial charge in [0, 0.05) is 63.5 Å². The molecule has 0 aliphatic carbocycles. The summed E-state index contributed by atoms with van der Waals surface area (Å²) < 4.78 is 13.0. The molecule has 4 aliphatic rings. The second kappa shape index (κ2) is 8.32. The van der Waals surface area contributed by atoms with Gasteiger partial charge in [-0.05, 0) is 18.4 Å². The number of anilines is 3. The Kier molecular flexibility index (Phi) is 5.18. The quantitative estimate of drug-likeness (QED) is 0.671. The monoisotopic (exact) mass is 439 g/mol. The van der Waals surface area contributed by atoms with Crippen LogP contribution in [0.4, 0.5) is 17.8 Å². The van der Waals surface area contributed by atoms with Crippen LogP contribution in [0.5, 0.6) is 0 Å². The predicted molar refractivity (Wildman–Crippen MR) is 120 cm³/mol. The molecule has 0 radical (unpaired) electrons. The zero-order valence-electron chi connectivity index (χ0n) is 18.2. The number of nitrogens with zero attached hydrogens (tertiary/aromatic N) is 7. The number of pyridine rings is 1. The van der Waals surface area contributed by atoms with Crippen LogP contribution in [0.25, 0.3) is 0 Å². The fourth-order valence-electron chi connectivity index (χ4n) is 5.35. The third-order valence-corrected chi connectivity index (χ3v) is 6.95. The molecule has 3 saturated heterocycles. The van der Waals surface area contributed by atoms with E-state index in [0.29, 0.717) is 38.3 Å². The second-order valence-electron chi connectivity index (χ2n) is 9.04. The van der Waals surface area contributed by atoms with E-state index in [-0.39, 0.29) is 5.56 Å². The molecule has 0 unspecified atom stereocenters. The van der Waals surface area contributed by atoms with Crippen LogP contribution in [0.15, 0.2) is 23.0 Å². The molecule has 0 N–H and O–H groups in total. The number of hydrogen-bond acceptors (Lipinski definition) is 9. The number of fused-ring (bicyclic) bond motifs is 4. The fraction of sp³-hybridized carbons (Fsp3) is 0.636. The number of piperidine rings is 1. The summed E-state index contributed by atoms with van der Waals surface area (Å²) in [4.78, 5) is 33.7. The summed E-state index contributed by atoms with van der Waals surface area (Å²) in [5.41, 5.74) is 1.24. The minimum absolute atomic E-state index is 0.106. The van der Waals surface area contributed by atoms with E-state index < -0.39 is 0 Å². The summed E-state index contributed by atoms with van der Waals surface area (Å²) >= 11 is 0.